The van der Waals surface area contributed by atoms with E-state index >= 15 is 0 Å². The van der Waals surface area contributed by atoms with Crippen molar-refractivity contribution in [2.75, 3.05) is 6.54 Å². The van der Waals surface area contributed by atoms with Crippen LogP contribution in [-0.4, -0.2) is 18.1 Å². The van der Waals surface area contributed by atoms with Crippen molar-refractivity contribution in [1.82, 2.24) is 10.6 Å². The molecule has 13 heavy (non-hydrogen) atoms. The Bertz CT molecular complexity index is 261. The largest absolute Gasteiger partial charge is 0.336 e. The van der Waals surface area contributed by atoms with Gasteiger partial charge in [-0.05, 0) is 25.7 Å². The molecule has 0 unspecified atom stereocenters. The third-order valence-corrected chi connectivity index (χ3v) is 3.09. The second kappa shape index (κ2) is 2.91. The number of urea groups is 1. The monoisotopic (exact) mass is 179 g/mol. The van der Waals surface area contributed by atoms with Crippen LogP contribution in [0.2, 0.25) is 0 Å². The molecule has 0 atom stereocenters. The zero-order chi connectivity index (χ0) is 9.31. The van der Waals surface area contributed by atoms with Gasteiger partial charge in [0, 0.05) is 12.5 Å². The van der Waals surface area contributed by atoms with Gasteiger partial charge in [0.15, 0.2) is 0 Å². The van der Waals surface area contributed by atoms with E-state index in [0.29, 0.717) is 0 Å². The average Bonchev–Trinajstić information content (AvgIpc) is 2.49. The van der Waals surface area contributed by atoms with Crippen LogP contribution >= 0.6 is 0 Å². The fourth-order valence-electron chi connectivity index (χ4n) is 2.18. The fourth-order valence-corrected chi connectivity index (χ4v) is 2.18. The lowest BCUT2D eigenvalue weighted by atomic mass is 9.77. The van der Waals surface area contributed by atoms with E-state index in [1.165, 1.54) is 0 Å². The summed E-state index contributed by atoms with van der Waals surface area (Å²) in [5.41, 5.74) is -0.0373. The second-order valence-corrected chi connectivity index (χ2v) is 3.99. The molecule has 1 heterocycles. The number of carbonyl (C=O) groups excluding carboxylic acids is 1. The van der Waals surface area contributed by atoms with E-state index in [2.05, 4.69) is 16.7 Å². The predicted octanol–water partition coefficient (Wildman–Crippen LogP) is 0.752. The molecule has 4 nitrogen and oxygen atoms in total. The van der Waals surface area contributed by atoms with Gasteiger partial charge in [0.1, 0.15) is 0 Å². The molecule has 0 radical (unpaired) electrons. The number of hydrogen-bond donors (Lipinski definition) is 2. The highest BCUT2D eigenvalue weighted by Crippen LogP contribution is 2.32. The highest BCUT2D eigenvalue weighted by atomic mass is 16.2. The van der Waals surface area contributed by atoms with Crippen molar-refractivity contribution in [3.8, 4) is 6.07 Å². The highest BCUT2D eigenvalue weighted by Gasteiger charge is 2.40. The van der Waals surface area contributed by atoms with Crippen LogP contribution in [0.15, 0.2) is 0 Å². The van der Waals surface area contributed by atoms with Crippen LogP contribution in [0.5, 0.6) is 0 Å². The summed E-state index contributed by atoms with van der Waals surface area (Å²) in [5.74, 6) is 0.197. The Labute approximate surface area is 77.3 Å². The summed E-state index contributed by atoms with van der Waals surface area (Å²) in [4.78, 5) is 11.0. The summed E-state index contributed by atoms with van der Waals surface area (Å²) in [7, 11) is 0. The maximum absolute atomic E-state index is 11.0. The van der Waals surface area contributed by atoms with Crippen LogP contribution in [0, 0.1) is 17.2 Å². The van der Waals surface area contributed by atoms with Crippen LogP contribution in [0.25, 0.3) is 0 Å². The normalized spacial score (nSPS) is 38.1. The fraction of sp³-hybridized carbons (Fsp3) is 0.778. The van der Waals surface area contributed by atoms with E-state index in [-0.39, 0.29) is 17.5 Å². The van der Waals surface area contributed by atoms with Gasteiger partial charge in [-0.15, -0.1) is 0 Å². The molecule has 2 rings (SSSR count). The summed E-state index contributed by atoms with van der Waals surface area (Å²) in [6.45, 7) is 0.726. The number of hydrogen-bond acceptors (Lipinski definition) is 2. The Hall–Kier alpha value is -1.24. The SMILES string of the molecule is N#CC1CCC2(CC1)CNC(=O)N2. The molecule has 2 amide bonds. The minimum Gasteiger partial charge on any atom is -0.336 e. The van der Waals surface area contributed by atoms with Crippen LogP contribution in [0.1, 0.15) is 25.7 Å². The highest BCUT2D eigenvalue weighted by molar-refractivity contribution is 5.77. The van der Waals surface area contributed by atoms with E-state index in [0.717, 1.165) is 32.2 Å². The molecular formula is C9H13N3O. The quantitative estimate of drug-likeness (QED) is 0.576. The lowest BCUT2D eigenvalue weighted by Gasteiger charge is -2.33. The lowest BCUT2D eigenvalue weighted by molar-refractivity contribution is 0.228. The molecule has 1 saturated carbocycles. The van der Waals surface area contributed by atoms with Gasteiger partial charge in [-0.2, -0.15) is 5.26 Å². The molecule has 0 aromatic carbocycles. The second-order valence-electron chi connectivity index (χ2n) is 3.99. The first-order valence-corrected chi connectivity index (χ1v) is 4.70. The van der Waals surface area contributed by atoms with Gasteiger partial charge in [0.25, 0.3) is 0 Å². The van der Waals surface area contributed by atoms with Crippen LogP contribution < -0.4 is 10.6 Å². The van der Waals surface area contributed by atoms with Gasteiger partial charge in [-0.3, -0.25) is 0 Å². The van der Waals surface area contributed by atoms with Gasteiger partial charge in [0.05, 0.1) is 11.6 Å². The van der Waals surface area contributed by atoms with Crippen molar-refractivity contribution in [2.45, 2.75) is 31.2 Å². The number of nitriles is 1. The maximum Gasteiger partial charge on any atom is 0.315 e. The lowest BCUT2D eigenvalue weighted by Crippen LogP contribution is -2.46. The van der Waals surface area contributed by atoms with Crippen molar-refractivity contribution in [3.05, 3.63) is 0 Å². The predicted molar refractivity (Wildman–Crippen MR) is 46.8 cm³/mol. The maximum atomic E-state index is 11.0. The zero-order valence-corrected chi connectivity index (χ0v) is 7.47. The molecule has 1 spiro atoms. The van der Waals surface area contributed by atoms with Gasteiger partial charge >= 0.3 is 6.03 Å². The number of amides is 2. The first-order valence-electron chi connectivity index (χ1n) is 4.70. The first kappa shape index (κ1) is 8.36. The third kappa shape index (κ3) is 1.46. The van der Waals surface area contributed by atoms with Crippen molar-refractivity contribution in [3.63, 3.8) is 0 Å². The van der Waals surface area contributed by atoms with Crippen molar-refractivity contribution in [1.29, 1.82) is 5.26 Å². The molecular weight excluding hydrogens is 166 g/mol. The molecule has 70 valence electrons. The molecule has 0 aromatic heterocycles. The number of carbonyl (C=O) groups is 1. The van der Waals surface area contributed by atoms with Gasteiger partial charge < -0.3 is 10.6 Å². The summed E-state index contributed by atoms with van der Waals surface area (Å²) >= 11 is 0. The smallest absolute Gasteiger partial charge is 0.315 e. The van der Waals surface area contributed by atoms with Crippen LogP contribution in [-0.2, 0) is 0 Å². The Balaban J connectivity index is 1.98. The van der Waals surface area contributed by atoms with E-state index in [9.17, 15) is 4.79 Å². The summed E-state index contributed by atoms with van der Waals surface area (Å²) < 4.78 is 0. The van der Waals surface area contributed by atoms with E-state index < -0.39 is 0 Å². The minimum absolute atomic E-state index is 0.0373. The van der Waals surface area contributed by atoms with E-state index in [4.69, 9.17) is 5.26 Å². The van der Waals surface area contributed by atoms with Crippen molar-refractivity contribution < 1.29 is 4.79 Å². The van der Waals surface area contributed by atoms with Crippen molar-refractivity contribution in [2.24, 2.45) is 5.92 Å². The zero-order valence-electron chi connectivity index (χ0n) is 7.47. The van der Waals surface area contributed by atoms with E-state index in [1.807, 2.05) is 0 Å². The van der Waals surface area contributed by atoms with Gasteiger partial charge in [0.2, 0.25) is 0 Å². The minimum atomic E-state index is -0.0598. The van der Waals surface area contributed by atoms with Crippen LogP contribution in [0.4, 0.5) is 4.79 Å². The summed E-state index contributed by atoms with van der Waals surface area (Å²) in [5, 5.41) is 14.5. The molecule has 0 bridgehead atoms. The Kier molecular flexibility index (Phi) is 1.87. The molecule has 1 saturated heterocycles. The van der Waals surface area contributed by atoms with E-state index in [1.54, 1.807) is 0 Å². The number of nitrogens with one attached hydrogen (secondary N) is 2. The van der Waals surface area contributed by atoms with Crippen molar-refractivity contribution >= 4 is 6.03 Å². The molecule has 2 N–H and O–H groups in total. The average molecular weight is 179 g/mol. The van der Waals surface area contributed by atoms with Crippen LogP contribution in [0.3, 0.4) is 0 Å². The molecule has 2 aliphatic rings. The first-order chi connectivity index (χ1) is 6.24. The molecule has 1 aliphatic carbocycles. The topological polar surface area (TPSA) is 64.9 Å². The Morgan fingerprint density at radius 3 is 2.62 bits per heavy atom. The van der Waals surface area contributed by atoms with Gasteiger partial charge in [-0.1, -0.05) is 0 Å². The molecule has 1 aliphatic heterocycles. The summed E-state index contributed by atoms with van der Waals surface area (Å²) in [6, 6.07) is 2.23. The Morgan fingerprint density at radius 2 is 2.15 bits per heavy atom. The molecule has 0 aromatic rings. The number of rotatable bonds is 0. The standard InChI is InChI=1S/C9H13N3O/c10-5-7-1-3-9(4-2-7)6-11-8(13)12-9/h7H,1-4,6H2,(H2,11,12,13). The Morgan fingerprint density at radius 1 is 1.46 bits per heavy atom. The van der Waals surface area contributed by atoms with Gasteiger partial charge in [-0.25, -0.2) is 4.79 Å². The number of nitrogens with zero attached hydrogens (tertiary/aromatic N) is 1. The third-order valence-electron chi connectivity index (χ3n) is 3.09. The summed E-state index contributed by atoms with van der Waals surface area (Å²) in [6.07, 6.45) is 3.70. The molecule has 2 fully saturated rings. The molecule has 4 heteroatoms.